The summed E-state index contributed by atoms with van der Waals surface area (Å²) in [5, 5.41) is -0.583. The molecule has 0 radical (unpaired) electrons. The number of carbonyl (C=O) groups is 2. The van der Waals surface area contributed by atoms with Crippen LogP contribution in [0.3, 0.4) is 0 Å². The van der Waals surface area contributed by atoms with E-state index in [1.54, 1.807) is 4.90 Å². The summed E-state index contributed by atoms with van der Waals surface area (Å²) < 4.78 is 43.3. The van der Waals surface area contributed by atoms with Gasteiger partial charge in [-0.05, 0) is 44.9 Å². The van der Waals surface area contributed by atoms with Crippen molar-refractivity contribution in [3.05, 3.63) is 12.4 Å². The van der Waals surface area contributed by atoms with Gasteiger partial charge in [-0.3, -0.25) is 9.69 Å². The van der Waals surface area contributed by atoms with Gasteiger partial charge in [0.05, 0.1) is 32.2 Å². The van der Waals surface area contributed by atoms with E-state index in [9.17, 15) is 18.0 Å². The van der Waals surface area contributed by atoms with Crippen LogP contribution in [0.2, 0.25) is 0 Å². The molecule has 1 aromatic rings. The van der Waals surface area contributed by atoms with Gasteiger partial charge in [-0.1, -0.05) is 0 Å². The number of hydrogen-bond acceptors (Lipinski definition) is 9. The summed E-state index contributed by atoms with van der Waals surface area (Å²) >= 11 is 0. The molecule has 4 fully saturated rings. The van der Waals surface area contributed by atoms with Crippen LogP contribution in [0.25, 0.3) is 0 Å². The summed E-state index contributed by atoms with van der Waals surface area (Å²) in [7, 11) is -3.56. The molecule has 1 atom stereocenters. The fourth-order valence-corrected chi connectivity index (χ4v) is 6.34. The van der Waals surface area contributed by atoms with E-state index in [1.807, 2.05) is 6.92 Å². The Labute approximate surface area is 210 Å². The monoisotopic (exact) mass is 523 g/mol. The standard InChI is InChI=1S/C23H33N5O7S/c1-23(5-6-23)35-22(30)26-7-2-17(3-8-26)15-34-20-13-24-19(12-25-20)28-10-9-27(14-21(28)29)36(31,32)18-4-11-33-16-18/h12-13,17-18H,2-11,14-16H2,1H3/t18-/m0/s1. The molecule has 0 unspecified atom stereocenters. The lowest BCUT2D eigenvalue weighted by Crippen LogP contribution is -2.54. The van der Waals surface area contributed by atoms with Crippen LogP contribution in [0.4, 0.5) is 10.6 Å². The third-order valence-electron chi connectivity index (χ3n) is 7.37. The number of piperazine rings is 1. The number of hydrogen-bond donors (Lipinski definition) is 0. The second kappa shape index (κ2) is 10.1. The quantitative estimate of drug-likeness (QED) is 0.514. The second-order valence-corrected chi connectivity index (χ2v) is 12.4. The van der Waals surface area contributed by atoms with Gasteiger partial charge in [-0.25, -0.2) is 23.2 Å². The first-order chi connectivity index (χ1) is 17.2. The maximum absolute atomic E-state index is 12.7. The van der Waals surface area contributed by atoms with E-state index in [1.165, 1.54) is 21.6 Å². The number of ether oxygens (including phenoxy) is 3. The number of likely N-dealkylation sites (tertiary alicyclic amines) is 1. The van der Waals surface area contributed by atoms with E-state index in [2.05, 4.69) is 9.97 Å². The lowest BCUT2D eigenvalue weighted by Gasteiger charge is -2.34. The molecular weight excluding hydrogens is 490 g/mol. The van der Waals surface area contributed by atoms with E-state index in [4.69, 9.17) is 14.2 Å². The van der Waals surface area contributed by atoms with Crippen LogP contribution >= 0.6 is 0 Å². The Balaban J connectivity index is 1.07. The zero-order valence-corrected chi connectivity index (χ0v) is 21.3. The number of nitrogens with zero attached hydrogens (tertiary/aromatic N) is 5. The Bertz CT molecular complexity index is 1060. The third-order valence-corrected chi connectivity index (χ3v) is 9.62. The normalized spacial score (nSPS) is 25.1. The third kappa shape index (κ3) is 5.57. The average molecular weight is 524 g/mol. The van der Waals surface area contributed by atoms with Crippen LogP contribution < -0.4 is 9.64 Å². The highest BCUT2D eigenvalue weighted by Gasteiger charge is 2.43. The molecule has 36 heavy (non-hydrogen) atoms. The van der Waals surface area contributed by atoms with E-state index in [0.29, 0.717) is 50.3 Å². The van der Waals surface area contributed by atoms with Crippen molar-refractivity contribution in [1.82, 2.24) is 19.2 Å². The van der Waals surface area contributed by atoms with Crippen molar-refractivity contribution in [3.8, 4) is 5.88 Å². The minimum Gasteiger partial charge on any atom is -0.476 e. The average Bonchev–Trinajstić information content (AvgIpc) is 3.34. The van der Waals surface area contributed by atoms with Crippen molar-refractivity contribution < 1.29 is 32.2 Å². The molecule has 198 valence electrons. The van der Waals surface area contributed by atoms with E-state index in [-0.39, 0.29) is 43.8 Å². The molecule has 1 aliphatic carbocycles. The minimum atomic E-state index is -3.56. The predicted octanol–water partition coefficient (Wildman–Crippen LogP) is 1.02. The summed E-state index contributed by atoms with van der Waals surface area (Å²) in [5.74, 6) is 0.684. The maximum Gasteiger partial charge on any atom is 0.410 e. The number of anilines is 1. The molecule has 0 aromatic carbocycles. The largest absolute Gasteiger partial charge is 0.476 e. The number of sulfonamides is 1. The number of aromatic nitrogens is 2. The van der Waals surface area contributed by atoms with Gasteiger partial charge in [0.1, 0.15) is 10.9 Å². The Hall–Kier alpha value is -2.51. The van der Waals surface area contributed by atoms with Gasteiger partial charge in [-0.2, -0.15) is 4.31 Å². The minimum absolute atomic E-state index is 0.175. The Morgan fingerprint density at radius 1 is 1.14 bits per heavy atom. The first-order valence-corrected chi connectivity index (χ1v) is 14.0. The molecule has 1 saturated carbocycles. The van der Waals surface area contributed by atoms with E-state index < -0.39 is 15.3 Å². The Morgan fingerprint density at radius 2 is 1.92 bits per heavy atom. The number of amides is 2. The van der Waals surface area contributed by atoms with Gasteiger partial charge in [0.25, 0.3) is 0 Å². The van der Waals surface area contributed by atoms with Crippen LogP contribution in [-0.2, 0) is 24.3 Å². The molecular formula is C23H33N5O7S. The van der Waals surface area contributed by atoms with Gasteiger partial charge < -0.3 is 19.1 Å². The number of piperidine rings is 1. The van der Waals surface area contributed by atoms with Crippen LogP contribution in [0.15, 0.2) is 12.4 Å². The van der Waals surface area contributed by atoms with Crippen molar-refractivity contribution in [3.63, 3.8) is 0 Å². The number of carbonyl (C=O) groups excluding carboxylic acids is 2. The summed E-state index contributed by atoms with van der Waals surface area (Å²) in [5.41, 5.74) is -0.261. The van der Waals surface area contributed by atoms with Crippen LogP contribution in [0.5, 0.6) is 5.88 Å². The summed E-state index contributed by atoms with van der Waals surface area (Å²) in [6.07, 6.45) is 6.70. The van der Waals surface area contributed by atoms with Crippen LogP contribution in [0, 0.1) is 5.92 Å². The van der Waals surface area contributed by atoms with Gasteiger partial charge in [0.15, 0.2) is 5.82 Å². The molecule has 4 heterocycles. The highest BCUT2D eigenvalue weighted by Crippen LogP contribution is 2.39. The molecule has 0 spiro atoms. The van der Waals surface area contributed by atoms with E-state index in [0.717, 1.165) is 25.7 Å². The van der Waals surface area contributed by atoms with Gasteiger partial charge >= 0.3 is 6.09 Å². The van der Waals surface area contributed by atoms with E-state index >= 15 is 0 Å². The maximum atomic E-state index is 12.7. The molecule has 5 rings (SSSR count). The highest BCUT2D eigenvalue weighted by atomic mass is 32.2. The fraction of sp³-hybridized carbons (Fsp3) is 0.739. The Morgan fingerprint density at radius 3 is 2.53 bits per heavy atom. The molecule has 12 nitrogen and oxygen atoms in total. The smallest absolute Gasteiger partial charge is 0.410 e. The molecule has 3 aliphatic heterocycles. The number of rotatable bonds is 7. The zero-order valence-electron chi connectivity index (χ0n) is 20.5. The molecule has 2 amide bonds. The summed E-state index contributed by atoms with van der Waals surface area (Å²) in [4.78, 5) is 36.7. The summed E-state index contributed by atoms with van der Waals surface area (Å²) in [6, 6.07) is 0. The lowest BCUT2D eigenvalue weighted by molar-refractivity contribution is -0.120. The van der Waals surface area contributed by atoms with Crippen LogP contribution in [-0.4, -0.2) is 103 Å². The molecule has 0 bridgehead atoms. The SMILES string of the molecule is CC1(OC(=O)N2CCC(COc3cnc(N4CCN(S(=O)(=O)[C@H]5CCOC5)CC4=O)cn3)CC2)CC1. The van der Waals surface area contributed by atoms with Crippen LogP contribution in [0.1, 0.15) is 39.0 Å². The molecule has 3 saturated heterocycles. The first kappa shape index (κ1) is 25.2. The molecule has 1 aromatic heterocycles. The molecule has 4 aliphatic rings. The predicted molar refractivity (Wildman–Crippen MR) is 128 cm³/mol. The summed E-state index contributed by atoms with van der Waals surface area (Å²) in [6.45, 7) is 4.52. The van der Waals surface area contributed by atoms with Gasteiger partial charge in [0.2, 0.25) is 21.8 Å². The van der Waals surface area contributed by atoms with Gasteiger partial charge in [0, 0.05) is 32.8 Å². The lowest BCUT2D eigenvalue weighted by atomic mass is 9.98. The first-order valence-electron chi connectivity index (χ1n) is 12.5. The topological polar surface area (TPSA) is 131 Å². The van der Waals surface area contributed by atoms with Crippen molar-refractivity contribution in [1.29, 1.82) is 0 Å². The molecule has 13 heteroatoms. The second-order valence-electron chi connectivity index (χ2n) is 10.2. The van der Waals surface area contributed by atoms with Crippen molar-refractivity contribution in [2.45, 2.75) is 49.9 Å². The van der Waals surface area contributed by atoms with Crippen molar-refractivity contribution in [2.24, 2.45) is 5.92 Å². The fourth-order valence-electron chi connectivity index (χ4n) is 4.63. The van der Waals surface area contributed by atoms with Crippen molar-refractivity contribution >= 4 is 27.8 Å². The van der Waals surface area contributed by atoms with Crippen molar-refractivity contribution in [2.75, 3.05) is 57.4 Å². The zero-order chi connectivity index (χ0) is 25.3. The van der Waals surface area contributed by atoms with Gasteiger partial charge in [-0.15, -0.1) is 0 Å². The Kier molecular flexibility index (Phi) is 7.05. The molecule has 0 N–H and O–H groups in total. The highest BCUT2D eigenvalue weighted by molar-refractivity contribution is 7.89.